The fraction of sp³-hybridized carbons (Fsp3) is 0.647. The van der Waals surface area contributed by atoms with Crippen LogP contribution >= 0.6 is 0 Å². The number of nitrogens with zero attached hydrogens (tertiary/aromatic N) is 2. The number of amides is 1. The topological polar surface area (TPSA) is 57.3 Å². The summed E-state index contributed by atoms with van der Waals surface area (Å²) in [4.78, 5) is 19.4. The number of anilines is 2. The van der Waals surface area contributed by atoms with Crippen molar-refractivity contribution in [1.29, 1.82) is 0 Å². The van der Waals surface area contributed by atoms with Gasteiger partial charge in [-0.1, -0.05) is 6.92 Å². The summed E-state index contributed by atoms with van der Waals surface area (Å²) in [6.07, 6.45) is 8.37. The van der Waals surface area contributed by atoms with Gasteiger partial charge in [0.25, 0.3) is 0 Å². The Bertz CT molecular complexity index is 502. The normalized spacial score (nSPS) is 25.2. The summed E-state index contributed by atoms with van der Waals surface area (Å²) in [7, 11) is 0. The summed E-state index contributed by atoms with van der Waals surface area (Å²) < 4.78 is 0. The predicted molar refractivity (Wildman–Crippen MR) is 89.2 cm³/mol. The van der Waals surface area contributed by atoms with Crippen LogP contribution in [0.1, 0.15) is 45.4 Å². The lowest BCUT2D eigenvalue weighted by molar-refractivity contribution is -0.122. The number of nitrogens with one attached hydrogen (secondary N) is 2. The van der Waals surface area contributed by atoms with E-state index in [1.807, 2.05) is 12.1 Å². The Labute approximate surface area is 132 Å². The Kier molecular flexibility index (Phi) is 4.62. The van der Waals surface area contributed by atoms with Gasteiger partial charge in [0.05, 0.1) is 17.4 Å². The van der Waals surface area contributed by atoms with Crippen LogP contribution in [0.15, 0.2) is 18.3 Å². The van der Waals surface area contributed by atoms with Crippen molar-refractivity contribution in [3.8, 4) is 0 Å². The van der Waals surface area contributed by atoms with Gasteiger partial charge < -0.3 is 15.5 Å². The number of piperidine rings is 1. The fourth-order valence-electron chi connectivity index (χ4n) is 3.48. The molecule has 1 aromatic rings. The molecule has 1 amide bonds. The molecule has 3 rings (SSSR count). The molecule has 0 saturated carbocycles. The third-order valence-corrected chi connectivity index (χ3v) is 4.97. The first-order valence-corrected chi connectivity index (χ1v) is 8.51. The highest BCUT2D eigenvalue weighted by Gasteiger charge is 2.39. The van der Waals surface area contributed by atoms with Gasteiger partial charge in [-0.3, -0.25) is 4.79 Å². The lowest BCUT2D eigenvalue weighted by atomic mass is 9.93. The van der Waals surface area contributed by atoms with Gasteiger partial charge >= 0.3 is 0 Å². The molecule has 2 saturated heterocycles. The Hall–Kier alpha value is -1.62. The quantitative estimate of drug-likeness (QED) is 0.897. The summed E-state index contributed by atoms with van der Waals surface area (Å²) in [6, 6.07) is 3.98. The average Bonchev–Trinajstić information content (AvgIpc) is 3.07. The number of pyridine rings is 1. The molecular weight excluding hydrogens is 276 g/mol. The van der Waals surface area contributed by atoms with E-state index in [1.54, 1.807) is 6.20 Å². The number of carbonyl (C=O) groups excluding carboxylic acids is 1. The minimum Gasteiger partial charge on any atom is -0.357 e. The summed E-state index contributed by atoms with van der Waals surface area (Å²) in [5.74, 6) is 1.09. The van der Waals surface area contributed by atoms with Crippen molar-refractivity contribution < 1.29 is 4.79 Å². The smallest absolute Gasteiger partial charge is 0.244 e. The van der Waals surface area contributed by atoms with Gasteiger partial charge in [-0.05, 0) is 57.2 Å². The van der Waals surface area contributed by atoms with E-state index in [2.05, 4.69) is 27.4 Å². The van der Waals surface area contributed by atoms with Crippen LogP contribution in [0.4, 0.5) is 11.5 Å². The Morgan fingerprint density at radius 2 is 2.14 bits per heavy atom. The average molecular weight is 302 g/mol. The molecule has 0 radical (unpaired) electrons. The van der Waals surface area contributed by atoms with Crippen molar-refractivity contribution in [1.82, 2.24) is 10.3 Å². The second-order valence-corrected chi connectivity index (χ2v) is 6.37. The SMILES string of the molecule is CCC1(C(=O)Nc2ccc(N3CCCCC3)nc2)CCCN1. The van der Waals surface area contributed by atoms with E-state index in [1.165, 1.54) is 19.3 Å². The highest BCUT2D eigenvalue weighted by molar-refractivity contribution is 5.98. The molecule has 1 atom stereocenters. The van der Waals surface area contributed by atoms with Gasteiger partial charge in [-0.25, -0.2) is 4.98 Å². The molecule has 1 aromatic heterocycles. The van der Waals surface area contributed by atoms with Crippen molar-refractivity contribution in [2.75, 3.05) is 29.9 Å². The molecule has 5 nitrogen and oxygen atoms in total. The molecular formula is C17H26N4O. The number of hydrogen-bond donors (Lipinski definition) is 2. The van der Waals surface area contributed by atoms with E-state index in [0.717, 1.165) is 50.4 Å². The molecule has 22 heavy (non-hydrogen) atoms. The minimum absolute atomic E-state index is 0.0695. The number of carbonyl (C=O) groups is 1. The van der Waals surface area contributed by atoms with E-state index >= 15 is 0 Å². The third kappa shape index (κ3) is 3.09. The van der Waals surface area contributed by atoms with Crippen LogP contribution in [-0.4, -0.2) is 36.1 Å². The minimum atomic E-state index is -0.397. The lowest BCUT2D eigenvalue weighted by Gasteiger charge is -2.28. The lowest BCUT2D eigenvalue weighted by Crippen LogP contribution is -2.50. The molecule has 1 unspecified atom stereocenters. The highest BCUT2D eigenvalue weighted by atomic mass is 16.2. The van der Waals surface area contributed by atoms with Gasteiger partial charge in [0.2, 0.25) is 5.91 Å². The second kappa shape index (κ2) is 6.65. The van der Waals surface area contributed by atoms with E-state index in [-0.39, 0.29) is 5.91 Å². The predicted octanol–water partition coefficient (Wildman–Crippen LogP) is 2.54. The van der Waals surface area contributed by atoms with Gasteiger partial charge in [0.15, 0.2) is 0 Å². The Balaban J connectivity index is 1.64. The van der Waals surface area contributed by atoms with Gasteiger partial charge in [0, 0.05) is 13.1 Å². The Morgan fingerprint density at radius 3 is 2.73 bits per heavy atom. The van der Waals surface area contributed by atoms with Crippen LogP contribution < -0.4 is 15.5 Å². The van der Waals surface area contributed by atoms with E-state index in [4.69, 9.17) is 0 Å². The zero-order valence-corrected chi connectivity index (χ0v) is 13.4. The number of hydrogen-bond acceptors (Lipinski definition) is 4. The standard InChI is InChI=1S/C17H26N4O/c1-2-17(9-6-10-19-17)16(22)20-14-7-8-15(18-13-14)21-11-4-3-5-12-21/h7-8,13,19H,2-6,9-12H2,1H3,(H,20,22). The van der Waals surface area contributed by atoms with Crippen LogP contribution in [0, 0.1) is 0 Å². The monoisotopic (exact) mass is 302 g/mol. The maximum absolute atomic E-state index is 12.5. The summed E-state index contributed by atoms with van der Waals surface area (Å²) in [5, 5.41) is 6.39. The zero-order valence-electron chi connectivity index (χ0n) is 13.4. The molecule has 0 aliphatic carbocycles. The summed E-state index contributed by atoms with van der Waals surface area (Å²) in [5.41, 5.74) is 0.387. The Morgan fingerprint density at radius 1 is 1.32 bits per heavy atom. The van der Waals surface area contributed by atoms with E-state index in [9.17, 15) is 4.79 Å². The van der Waals surface area contributed by atoms with Gasteiger partial charge in [-0.2, -0.15) is 0 Å². The maximum atomic E-state index is 12.5. The summed E-state index contributed by atoms with van der Waals surface area (Å²) >= 11 is 0. The first kappa shape index (κ1) is 15.3. The van der Waals surface area contributed by atoms with Crippen LogP contribution in [-0.2, 0) is 4.79 Å². The molecule has 0 spiro atoms. The van der Waals surface area contributed by atoms with Gasteiger partial charge in [0.1, 0.15) is 5.82 Å². The molecule has 2 N–H and O–H groups in total. The molecule has 2 aliphatic rings. The molecule has 5 heteroatoms. The molecule has 120 valence electrons. The first-order chi connectivity index (χ1) is 10.7. The van der Waals surface area contributed by atoms with Crippen molar-refractivity contribution in [3.63, 3.8) is 0 Å². The molecule has 2 aliphatic heterocycles. The van der Waals surface area contributed by atoms with Crippen LogP contribution in [0.25, 0.3) is 0 Å². The third-order valence-electron chi connectivity index (χ3n) is 4.97. The molecule has 0 bridgehead atoms. The second-order valence-electron chi connectivity index (χ2n) is 6.37. The largest absolute Gasteiger partial charge is 0.357 e. The first-order valence-electron chi connectivity index (χ1n) is 8.51. The van der Waals surface area contributed by atoms with Crippen molar-refractivity contribution in [3.05, 3.63) is 18.3 Å². The van der Waals surface area contributed by atoms with E-state index in [0.29, 0.717) is 0 Å². The molecule has 2 fully saturated rings. The van der Waals surface area contributed by atoms with Crippen molar-refractivity contribution >= 4 is 17.4 Å². The maximum Gasteiger partial charge on any atom is 0.244 e. The molecule has 0 aromatic carbocycles. The van der Waals surface area contributed by atoms with Gasteiger partial charge in [-0.15, -0.1) is 0 Å². The highest BCUT2D eigenvalue weighted by Crippen LogP contribution is 2.25. The van der Waals surface area contributed by atoms with Crippen LogP contribution in [0.3, 0.4) is 0 Å². The number of rotatable bonds is 4. The van der Waals surface area contributed by atoms with Crippen LogP contribution in [0.2, 0.25) is 0 Å². The van der Waals surface area contributed by atoms with Crippen LogP contribution in [0.5, 0.6) is 0 Å². The molecule has 3 heterocycles. The van der Waals surface area contributed by atoms with Crippen molar-refractivity contribution in [2.24, 2.45) is 0 Å². The fourth-order valence-corrected chi connectivity index (χ4v) is 3.48. The van der Waals surface area contributed by atoms with E-state index < -0.39 is 5.54 Å². The summed E-state index contributed by atoms with van der Waals surface area (Å²) in [6.45, 7) is 5.16. The number of aromatic nitrogens is 1. The zero-order chi connectivity index (χ0) is 15.4. The van der Waals surface area contributed by atoms with Crippen molar-refractivity contribution in [2.45, 2.75) is 51.0 Å².